The number of rotatable bonds is 5. The van der Waals surface area contributed by atoms with Gasteiger partial charge in [-0.1, -0.05) is 55.8 Å². The number of hydrogen-bond donors (Lipinski definition) is 0. The van der Waals surface area contributed by atoms with Crippen LogP contribution in [0.15, 0.2) is 29.3 Å². The molecule has 1 fully saturated rings. The lowest BCUT2D eigenvalue weighted by Crippen LogP contribution is -2.22. The van der Waals surface area contributed by atoms with E-state index in [1.54, 1.807) is 25.1 Å². The van der Waals surface area contributed by atoms with Gasteiger partial charge in [-0.15, -0.1) is 0 Å². The summed E-state index contributed by atoms with van der Waals surface area (Å²) in [6, 6.07) is 7.08. The van der Waals surface area contributed by atoms with E-state index in [1.807, 2.05) is 6.07 Å². The van der Waals surface area contributed by atoms with Gasteiger partial charge >= 0.3 is 12.1 Å². The molecule has 1 aromatic rings. The van der Waals surface area contributed by atoms with Crippen molar-refractivity contribution in [3.05, 3.63) is 34.9 Å². The maximum absolute atomic E-state index is 12.1. The van der Waals surface area contributed by atoms with Crippen LogP contribution in [0.5, 0.6) is 0 Å². The van der Waals surface area contributed by atoms with Crippen molar-refractivity contribution in [3.63, 3.8) is 0 Å². The molecule has 0 aliphatic heterocycles. The van der Waals surface area contributed by atoms with Crippen molar-refractivity contribution in [3.8, 4) is 0 Å². The van der Waals surface area contributed by atoms with Crippen LogP contribution in [0.25, 0.3) is 0 Å². The Balaban J connectivity index is 2.03. The maximum atomic E-state index is 12.1. The topological polar surface area (TPSA) is 65.0 Å². The van der Waals surface area contributed by atoms with Gasteiger partial charge in [-0.2, -0.15) is 4.99 Å². The number of aliphatic imine (C=N–C) groups is 1. The molecular formula is C19H24ClNO4. The standard InChI is InChI=1S/C19H24ClNO4/c1-13(15-9-6-10-16(20)12-15)25-19(23)21-17(18(22)24-2)11-14-7-4-3-5-8-14/h6,9-10,12-14H,3-5,7-8,11H2,1-2H3. The first-order chi connectivity index (χ1) is 12.0. The smallest absolute Gasteiger partial charge is 0.434 e. The number of carbonyl (C=O) groups excluding carboxylic acids is 2. The van der Waals surface area contributed by atoms with E-state index in [1.165, 1.54) is 13.5 Å². The van der Waals surface area contributed by atoms with Crippen molar-refractivity contribution in [2.75, 3.05) is 7.11 Å². The van der Waals surface area contributed by atoms with Gasteiger partial charge in [0.1, 0.15) is 11.8 Å². The second kappa shape index (κ2) is 9.56. The first-order valence-electron chi connectivity index (χ1n) is 8.61. The molecule has 1 amide bonds. The summed E-state index contributed by atoms with van der Waals surface area (Å²) in [4.78, 5) is 28.0. The molecule has 5 nitrogen and oxygen atoms in total. The fraction of sp³-hybridized carbons (Fsp3) is 0.526. The highest BCUT2D eigenvalue weighted by Gasteiger charge is 2.22. The molecule has 25 heavy (non-hydrogen) atoms. The van der Waals surface area contributed by atoms with Crippen LogP contribution >= 0.6 is 11.6 Å². The largest absolute Gasteiger partial charge is 0.465 e. The zero-order valence-electron chi connectivity index (χ0n) is 14.7. The zero-order chi connectivity index (χ0) is 18.2. The number of ether oxygens (including phenoxy) is 2. The minimum absolute atomic E-state index is 0.137. The minimum Gasteiger partial charge on any atom is -0.465 e. The number of esters is 1. The summed E-state index contributed by atoms with van der Waals surface area (Å²) in [5, 5.41) is 0.566. The fourth-order valence-electron chi connectivity index (χ4n) is 3.07. The molecule has 1 aromatic carbocycles. The van der Waals surface area contributed by atoms with Gasteiger partial charge in [0.15, 0.2) is 0 Å². The lowest BCUT2D eigenvalue weighted by molar-refractivity contribution is -0.132. The highest BCUT2D eigenvalue weighted by atomic mass is 35.5. The predicted octanol–water partition coefficient (Wildman–Crippen LogP) is 5.12. The Labute approximate surface area is 153 Å². The molecule has 1 saturated carbocycles. The van der Waals surface area contributed by atoms with Crippen LogP contribution in [0.2, 0.25) is 5.02 Å². The predicted molar refractivity (Wildman–Crippen MR) is 97.0 cm³/mol. The second-order valence-corrected chi connectivity index (χ2v) is 6.78. The van der Waals surface area contributed by atoms with E-state index in [-0.39, 0.29) is 5.71 Å². The highest BCUT2D eigenvalue weighted by molar-refractivity contribution is 6.37. The Hall–Kier alpha value is -1.88. The van der Waals surface area contributed by atoms with E-state index in [4.69, 9.17) is 21.1 Å². The van der Waals surface area contributed by atoms with Crippen LogP contribution in [0, 0.1) is 5.92 Å². The molecule has 136 valence electrons. The van der Waals surface area contributed by atoms with E-state index < -0.39 is 18.2 Å². The summed E-state index contributed by atoms with van der Waals surface area (Å²) in [5.74, 6) is -0.206. The summed E-state index contributed by atoms with van der Waals surface area (Å²) in [6.07, 6.45) is 4.76. The Morgan fingerprint density at radius 1 is 1.28 bits per heavy atom. The molecule has 0 heterocycles. The number of halogens is 1. The molecule has 1 aliphatic carbocycles. The summed E-state index contributed by atoms with van der Waals surface area (Å²) in [5.41, 5.74) is 0.903. The molecule has 0 aromatic heterocycles. The van der Waals surface area contributed by atoms with Crippen LogP contribution in [0.3, 0.4) is 0 Å². The highest BCUT2D eigenvalue weighted by Crippen LogP contribution is 2.27. The zero-order valence-corrected chi connectivity index (χ0v) is 15.4. The summed E-state index contributed by atoms with van der Waals surface area (Å²) < 4.78 is 10.1. The third-order valence-electron chi connectivity index (χ3n) is 4.45. The quantitative estimate of drug-likeness (QED) is 0.536. The number of hydrogen-bond acceptors (Lipinski definition) is 4. The van der Waals surface area contributed by atoms with Crippen molar-refractivity contribution < 1.29 is 19.1 Å². The average molecular weight is 366 g/mol. The molecular weight excluding hydrogens is 342 g/mol. The van der Waals surface area contributed by atoms with Crippen LogP contribution < -0.4 is 0 Å². The van der Waals surface area contributed by atoms with Crippen LogP contribution in [0.1, 0.15) is 57.1 Å². The fourth-order valence-corrected chi connectivity index (χ4v) is 3.27. The van der Waals surface area contributed by atoms with E-state index in [9.17, 15) is 9.59 Å². The summed E-state index contributed by atoms with van der Waals surface area (Å²) in [7, 11) is 1.29. The van der Waals surface area contributed by atoms with E-state index >= 15 is 0 Å². The van der Waals surface area contributed by atoms with Gasteiger partial charge < -0.3 is 9.47 Å². The van der Waals surface area contributed by atoms with Gasteiger partial charge in [-0.3, -0.25) is 0 Å². The van der Waals surface area contributed by atoms with Crippen molar-refractivity contribution in [1.29, 1.82) is 0 Å². The van der Waals surface area contributed by atoms with Crippen LogP contribution in [-0.4, -0.2) is 24.9 Å². The molecule has 2 rings (SSSR count). The second-order valence-electron chi connectivity index (χ2n) is 6.34. The van der Waals surface area contributed by atoms with E-state index in [0.29, 0.717) is 17.4 Å². The van der Waals surface area contributed by atoms with Crippen molar-refractivity contribution in [1.82, 2.24) is 0 Å². The molecule has 6 heteroatoms. The Bertz CT molecular complexity index is 638. The summed E-state index contributed by atoms with van der Waals surface area (Å²) >= 11 is 5.95. The third-order valence-corrected chi connectivity index (χ3v) is 4.68. The molecule has 1 unspecified atom stereocenters. The molecule has 0 radical (unpaired) electrons. The Morgan fingerprint density at radius 2 is 2.00 bits per heavy atom. The lowest BCUT2D eigenvalue weighted by Gasteiger charge is -2.21. The van der Waals surface area contributed by atoms with Crippen molar-refractivity contribution in [2.24, 2.45) is 10.9 Å². The van der Waals surface area contributed by atoms with Crippen molar-refractivity contribution in [2.45, 2.75) is 51.6 Å². The monoisotopic (exact) mass is 365 g/mol. The molecule has 1 aliphatic rings. The molecule has 1 atom stereocenters. The van der Waals surface area contributed by atoms with Gasteiger partial charge in [0.2, 0.25) is 0 Å². The van der Waals surface area contributed by atoms with E-state index in [0.717, 1.165) is 31.2 Å². The SMILES string of the molecule is COC(=O)C(CC1CCCCC1)=NC(=O)OC(C)c1cccc(Cl)c1. The van der Waals surface area contributed by atoms with Gasteiger partial charge in [0.05, 0.1) is 7.11 Å². The van der Waals surface area contributed by atoms with E-state index in [2.05, 4.69) is 4.99 Å². The summed E-state index contributed by atoms with van der Waals surface area (Å²) in [6.45, 7) is 1.73. The maximum Gasteiger partial charge on any atom is 0.434 e. The molecule has 0 N–H and O–H groups in total. The number of nitrogens with zero attached hydrogens (tertiary/aromatic N) is 1. The van der Waals surface area contributed by atoms with Gasteiger partial charge in [0.25, 0.3) is 0 Å². The molecule has 0 spiro atoms. The number of amides is 1. The first-order valence-corrected chi connectivity index (χ1v) is 8.99. The van der Waals surface area contributed by atoms with Crippen molar-refractivity contribution >= 4 is 29.4 Å². The first kappa shape index (κ1) is 19.4. The van der Waals surface area contributed by atoms with Crippen LogP contribution in [0.4, 0.5) is 4.79 Å². The van der Waals surface area contributed by atoms with Gasteiger partial charge in [0, 0.05) is 11.4 Å². The van der Waals surface area contributed by atoms with Gasteiger partial charge in [-0.05, 0) is 30.5 Å². The average Bonchev–Trinajstić information content (AvgIpc) is 2.61. The van der Waals surface area contributed by atoms with Crippen LogP contribution in [-0.2, 0) is 14.3 Å². The third kappa shape index (κ3) is 6.16. The minimum atomic E-state index is -0.788. The molecule has 0 bridgehead atoms. The number of carbonyl (C=O) groups is 2. The number of methoxy groups -OCH3 is 1. The lowest BCUT2D eigenvalue weighted by atomic mass is 9.85. The van der Waals surface area contributed by atoms with Gasteiger partial charge in [-0.25, -0.2) is 9.59 Å². The number of benzene rings is 1. The molecule has 0 saturated heterocycles. The normalized spacial score (nSPS) is 17.0. The Morgan fingerprint density at radius 3 is 2.64 bits per heavy atom. The Kier molecular flexibility index (Phi) is 7.44.